The van der Waals surface area contributed by atoms with Gasteiger partial charge in [0, 0.05) is 24.1 Å². The molecule has 4 rings (SSSR count). The SMILES string of the molecule is COc1ccc2ncc(F)c(CCN3CCC(c4cc[c]([Al])o4)CC3)c2n1. The molecule has 0 aromatic carbocycles. The van der Waals surface area contributed by atoms with E-state index in [1.165, 1.54) is 6.20 Å². The van der Waals surface area contributed by atoms with Crippen LogP contribution in [0.2, 0.25) is 0 Å². The first-order valence-corrected chi connectivity index (χ1v) is 9.77. The monoisotopic (exact) mass is 381 g/mol. The van der Waals surface area contributed by atoms with Crippen molar-refractivity contribution < 1.29 is 13.5 Å². The van der Waals surface area contributed by atoms with E-state index < -0.39 is 0 Å². The van der Waals surface area contributed by atoms with Crippen LogP contribution >= 0.6 is 0 Å². The van der Waals surface area contributed by atoms with Crippen LogP contribution in [0, 0.1) is 5.82 Å². The van der Waals surface area contributed by atoms with E-state index >= 15 is 0 Å². The lowest BCUT2D eigenvalue weighted by Gasteiger charge is -2.31. The van der Waals surface area contributed by atoms with E-state index in [0.717, 1.165) is 42.9 Å². The average Bonchev–Trinajstić information content (AvgIpc) is 3.13. The molecule has 7 heteroatoms. The van der Waals surface area contributed by atoms with Gasteiger partial charge in [0.15, 0.2) is 0 Å². The van der Waals surface area contributed by atoms with Gasteiger partial charge in [-0.2, -0.15) is 0 Å². The highest BCUT2D eigenvalue weighted by molar-refractivity contribution is 6.29. The van der Waals surface area contributed by atoms with Crippen LogP contribution < -0.4 is 9.36 Å². The molecule has 27 heavy (non-hydrogen) atoms. The fraction of sp³-hybridized carbons (Fsp3) is 0.400. The Labute approximate surface area is 166 Å². The number of aromatic nitrogens is 2. The maximum absolute atomic E-state index is 14.4. The van der Waals surface area contributed by atoms with Crippen LogP contribution in [0.4, 0.5) is 4.39 Å². The van der Waals surface area contributed by atoms with Crippen molar-refractivity contribution in [1.29, 1.82) is 0 Å². The Morgan fingerprint density at radius 3 is 2.78 bits per heavy atom. The average molecular weight is 381 g/mol. The summed E-state index contributed by atoms with van der Waals surface area (Å²) in [6.45, 7) is 2.77. The van der Waals surface area contributed by atoms with Gasteiger partial charge in [0.2, 0.25) is 22.2 Å². The molecule has 0 N–H and O–H groups in total. The first-order valence-electron chi connectivity index (χ1n) is 9.19. The Morgan fingerprint density at radius 2 is 2.07 bits per heavy atom. The van der Waals surface area contributed by atoms with E-state index in [1.807, 2.05) is 12.1 Å². The number of likely N-dealkylation sites (tertiary alicyclic amines) is 1. The maximum atomic E-state index is 14.4. The van der Waals surface area contributed by atoms with Crippen molar-refractivity contribution >= 4 is 31.9 Å². The molecule has 138 valence electrons. The fourth-order valence-corrected chi connectivity index (χ4v) is 3.96. The van der Waals surface area contributed by atoms with E-state index in [-0.39, 0.29) is 5.82 Å². The largest absolute Gasteiger partial charge is 0.487 e. The van der Waals surface area contributed by atoms with Crippen molar-refractivity contribution in [2.45, 2.75) is 25.2 Å². The molecule has 1 saturated heterocycles. The maximum Gasteiger partial charge on any atom is 0.241 e. The van der Waals surface area contributed by atoms with Gasteiger partial charge < -0.3 is 14.1 Å². The molecule has 1 fully saturated rings. The van der Waals surface area contributed by atoms with Crippen molar-refractivity contribution in [3.05, 3.63) is 47.6 Å². The van der Waals surface area contributed by atoms with Gasteiger partial charge in [-0.15, -0.1) is 0 Å². The third kappa shape index (κ3) is 4.01. The highest BCUT2D eigenvalue weighted by Gasteiger charge is 2.23. The minimum atomic E-state index is -0.304. The highest BCUT2D eigenvalue weighted by Crippen LogP contribution is 2.28. The molecule has 0 bridgehead atoms. The van der Waals surface area contributed by atoms with Gasteiger partial charge in [0.1, 0.15) is 11.6 Å². The summed E-state index contributed by atoms with van der Waals surface area (Å²) in [6.07, 6.45) is 4.01. The molecule has 1 aliphatic rings. The van der Waals surface area contributed by atoms with Crippen molar-refractivity contribution in [1.82, 2.24) is 14.9 Å². The number of rotatable bonds is 5. The molecule has 0 atom stereocenters. The second-order valence-corrected chi connectivity index (χ2v) is 7.48. The van der Waals surface area contributed by atoms with Gasteiger partial charge in [0.05, 0.1) is 24.3 Å². The lowest BCUT2D eigenvalue weighted by atomic mass is 9.94. The lowest BCUT2D eigenvalue weighted by molar-refractivity contribution is 0.205. The van der Waals surface area contributed by atoms with Crippen LogP contribution in [-0.4, -0.2) is 57.9 Å². The second kappa shape index (κ2) is 7.97. The topological polar surface area (TPSA) is 51.4 Å². The summed E-state index contributed by atoms with van der Waals surface area (Å²) in [5, 5.41) is 0. The zero-order chi connectivity index (χ0) is 18.8. The molecule has 2 radical (unpaired) electrons. The molecule has 1 aliphatic heterocycles. The second-order valence-electron chi connectivity index (χ2n) is 6.91. The fourth-order valence-electron chi connectivity index (χ4n) is 3.73. The standard InChI is InChI=1S/C20H21FN3O2.Al/c1-25-19-5-4-17-20(23-19)15(16(21)13-22-17)8-11-24-9-6-14(7-10-24)18-3-2-12-26-18;/h2-5,13-14H,6-11H2,1H3;. The number of ether oxygens (including phenoxy) is 1. The number of piperidine rings is 1. The molecule has 3 aromatic rings. The van der Waals surface area contributed by atoms with E-state index in [0.29, 0.717) is 34.8 Å². The summed E-state index contributed by atoms with van der Waals surface area (Å²) in [5.74, 6) is 1.72. The van der Waals surface area contributed by atoms with Crippen LogP contribution in [-0.2, 0) is 6.42 Å². The summed E-state index contributed by atoms with van der Waals surface area (Å²) in [5.41, 5.74) is 1.89. The van der Waals surface area contributed by atoms with E-state index in [2.05, 4.69) is 37.2 Å². The summed E-state index contributed by atoms with van der Waals surface area (Å²) >= 11 is 2.60. The molecule has 5 nitrogen and oxygen atoms in total. The first kappa shape index (κ1) is 18.4. The first-order chi connectivity index (χ1) is 13.1. The smallest absolute Gasteiger partial charge is 0.241 e. The van der Waals surface area contributed by atoms with Gasteiger partial charge in [-0.05, 0) is 55.2 Å². The van der Waals surface area contributed by atoms with Gasteiger partial charge in [0.25, 0.3) is 0 Å². The quantitative estimate of drug-likeness (QED) is 0.636. The van der Waals surface area contributed by atoms with Crippen molar-refractivity contribution in [3.8, 4) is 5.88 Å². The van der Waals surface area contributed by atoms with E-state index in [1.54, 1.807) is 13.2 Å². The molecule has 0 spiro atoms. The molecule has 0 unspecified atom stereocenters. The molecule has 0 saturated carbocycles. The number of furan rings is 1. The Bertz CT molecular complexity index is 938. The third-order valence-electron chi connectivity index (χ3n) is 5.26. The summed E-state index contributed by atoms with van der Waals surface area (Å²) < 4.78 is 26.2. The van der Waals surface area contributed by atoms with Crippen molar-refractivity contribution in [3.63, 3.8) is 0 Å². The van der Waals surface area contributed by atoms with Crippen LogP contribution in [0.1, 0.15) is 30.1 Å². The van der Waals surface area contributed by atoms with Gasteiger partial charge in [-0.1, -0.05) is 0 Å². The number of pyridine rings is 2. The number of fused-ring (bicyclic) bond motifs is 1. The van der Waals surface area contributed by atoms with Crippen LogP contribution in [0.15, 0.2) is 34.9 Å². The number of methoxy groups -OCH3 is 1. The Balaban J connectivity index is 1.43. The van der Waals surface area contributed by atoms with Crippen molar-refractivity contribution in [2.75, 3.05) is 26.7 Å². The molecule has 0 aliphatic carbocycles. The summed E-state index contributed by atoms with van der Waals surface area (Å²) in [6, 6.07) is 7.63. The predicted octanol–water partition coefficient (Wildman–Crippen LogP) is 2.59. The molecular weight excluding hydrogens is 360 g/mol. The minimum absolute atomic E-state index is 0.304. The number of hydrogen-bond acceptors (Lipinski definition) is 5. The Morgan fingerprint density at radius 1 is 1.26 bits per heavy atom. The predicted molar refractivity (Wildman–Crippen MR) is 102 cm³/mol. The number of nitrogens with zero attached hydrogens (tertiary/aromatic N) is 3. The highest BCUT2D eigenvalue weighted by atomic mass is 27.0. The Hall–Kier alpha value is -1.94. The number of hydrogen-bond donors (Lipinski definition) is 0. The molecular formula is C20H21AlFN3O2. The van der Waals surface area contributed by atoms with Gasteiger partial charge >= 0.3 is 0 Å². The minimum Gasteiger partial charge on any atom is -0.487 e. The molecule has 0 amide bonds. The van der Waals surface area contributed by atoms with Crippen LogP contribution in [0.25, 0.3) is 11.0 Å². The van der Waals surface area contributed by atoms with E-state index in [9.17, 15) is 4.39 Å². The van der Waals surface area contributed by atoms with Crippen LogP contribution in [0.3, 0.4) is 0 Å². The summed E-state index contributed by atoms with van der Waals surface area (Å²) in [4.78, 5) is 10.9. The lowest BCUT2D eigenvalue weighted by Crippen LogP contribution is -2.34. The van der Waals surface area contributed by atoms with Crippen LogP contribution in [0.5, 0.6) is 5.88 Å². The third-order valence-corrected chi connectivity index (χ3v) is 5.57. The molecule has 3 aromatic heterocycles. The van der Waals surface area contributed by atoms with Crippen molar-refractivity contribution in [2.24, 2.45) is 0 Å². The van der Waals surface area contributed by atoms with Gasteiger partial charge in [-0.3, -0.25) is 4.98 Å². The summed E-state index contributed by atoms with van der Waals surface area (Å²) in [7, 11) is 1.56. The zero-order valence-electron chi connectivity index (χ0n) is 15.3. The zero-order valence-corrected chi connectivity index (χ0v) is 16.5. The molecule has 4 heterocycles. The number of halogens is 1. The van der Waals surface area contributed by atoms with Gasteiger partial charge in [-0.25, -0.2) is 9.37 Å². The van der Waals surface area contributed by atoms with E-state index in [4.69, 9.17) is 9.15 Å². The normalized spacial score (nSPS) is 16.1. The Kier molecular flexibility index (Phi) is 5.44.